The minimum atomic E-state index is -0.689. The second-order valence-electron chi connectivity index (χ2n) is 5.33. The van der Waals surface area contributed by atoms with Crippen LogP contribution in [-0.4, -0.2) is 29.5 Å². The first-order valence-corrected chi connectivity index (χ1v) is 7.57. The van der Waals surface area contributed by atoms with Crippen molar-refractivity contribution in [3.63, 3.8) is 0 Å². The number of ether oxygens (including phenoxy) is 1. The molecule has 0 fully saturated rings. The van der Waals surface area contributed by atoms with Crippen LogP contribution in [0.1, 0.15) is 28.5 Å². The maximum atomic E-state index is 12.2. The number of carbonyl (C=O) groups excluding carboxylic acids is 3. The number of H-pyrrole nitrogens is 1. The first kappa shape index (κ1) is 16.3. The zero-order chi connectivity index (χ0) is 18.0. The quantitative estimate of drug-likeness (QED) is 0.502. The number of rotatable bonds is 4. The molecule has 0 radical (unpaired) electrons. The summed E-state index contributed by atoms with van der Waals surface area (Å²) >= 11 is 0. The van der Waals surface area contributed by atoms with Crippen molar-refractivity contribution in [2.24, 2.45) is 5.73 Å². The van der Waals surface area contributed by atoms with E-state index in [9.17, 15) is 14.4 Å². The Balaban J connectivity index is 1.93. The number of hydrogen-bond acceptors (Lipinski definition) is 4. The molecule has 0 bridgehead atoms. The number of anilines is 2. The molecule has 8 nitrogen and oxygen atoms in total. The number of hydrogen-bond donors (Lipinski definition) is 4. The van der Waals surface area contributed by atoms with Crippen LogP contribution < -0.4 is 16.4 Å². The van der Waals surface area contributed by atoms with Crippen LogP contribution in [0.3, 0.4) is 0 Å². The van der Waals surface area contributed by atoms with E-state index in [1.54, 1.807) is 37.3 Å². The average Bonchev–Trinajstić information content (AvgIpc) is 3.13. The van der Waals surface area contributed by atoms with E-state index >= 15 is 0 Å². The maximum absolute atomic E-state index is 12.2. The maximum Gasteiger partial charge on any atom is 0.339 e. The summed E-state index contributed by atoms with van der Waals surface area (Å²) in [5.41, 5.74) is 8.20. The third-order valence-electron chi connectivity index (χ3n) is 3.59. The summed E-state index contributed by atoms with van der Waals surface area (Å²) < 4.78 is 4.93. The van der Waals surface area contributed by atoms with Gasteiger partial charge in [0.25, 0.3) is 5.91 Å². The Morgan fingerprint density at radius 1 is 1.32 bits per heavy atom. The van der Waals surface area contributed by atoms with Crippen LogP contribution in [0.2, 0.25) is 0 Å². The van der Waals surface area contributed by atoms with Gasteiger partial charge in [0.05, 0.1) is 17.7 Å². The number of nitrogens with two attached hydrogens (primary N) is 1. The highest BCUT2D eigenvalue weighted by Gasteiger charge is 2.25. The molecule has 2 heterocycles. The van der Waals surface area contributed by atoms with Crippen molar-refractivity contribution in [3.05, 3.63) is 47.3 Å². The number of nitrogens with one attached hydrogen (secondary N) is 3. The molecule has 128 valence electrons. The fourth-order valence-corrected chi connectivity index (χ4v) is 2.53. The lowest BCUT2D eigenvalue weighted by molar-refractivity contribution is -0.110. The highest BCUT2D eigenvalue weighted by Crippen LogP contribution is 2.35. The van der Waals surface area contributed by atoms with Crippen LogP contribution >= 0.6 is 0 Å². The van der Waals surface area contributed by atoms with E-state index in [2.05, 4.69) is 15.6 Å². The minimum absolute atomic E-state index is 0.279. The molecule has 0 unspecified atom stereocenters. The zero-order valence-electron chi connectivity index (χ0n) is 13.4. The third-order valence-corrected chi connectivity index (χ3v) is 3.59. The molecule has 1 aliphatic rings. The van der Waals surface area contributed by atoms with Gasteiger partial charge < -0.3 is 26.1 Å². The molecule has 1 aromatic heterocycles. The van der Waals surface area contributed by atoms with Gasteiger partial charge in [0.2, 0.25) is 0 Å². The van der Waals surface area contributed by atoms with Crippen LogP contribution in [0.5, 0.6) is 0 Å². The lowest BCUT2D eigenvalue weighted by Crippen LogP contribution is -2.19. The molecule has 25 heavy (non-hydrogen) atoms. The monoisotopic (exact) mass is 340 g/mol. The van der Waals surface area contributed by atoms with E-state index in [0.717, 1.165) is 0 Å². The molecule has 8 heteroatoms. The molecule has 0 aliphatic carbocycles. The second kappa shape index (κ2) is 6.52. The summed E-state index contributed by atoms with van der Waals surface area (Å²) in [5, 5.41) is 5.21. The SMILES string of the molecule is CCOC(=O)c1c[nH]c(C=C2C(=O)Nc3ccc(NC(N)=O)cc32)c1. The van der Waals surface area contributed by atoms with Gasteiger partial charge in [-0.1, -0.05) is 0 Å². The normalized spacial score (nSPS) is 14.1. The van der Waals surface area contributed by atoms with Crippen LogP contribution in [0.25, 0.3) is 11.6 Å². The number of aromatic amines is 1. The minimum Gasteiger partial charge on any atom is -0.462 e. The van der Waals surface area contributed by atoms with Gasteiger partial charge in [-0.15, -0.1) is 0 Å². The fourth-order valence-electron chi connectivity index (χ4n) is 2.53. The number of benzene rings is 1. The van der Waals surface area contributed by atoms with E-state index in [1.165, 1.54) is 6.20 Å². The average molecular weight is 340 g/mol. The molecular weight excluding hydrogens is 324 g/mol. The highest BCUT2D eigenvalue weighted by atomic mass is 16.5. The molecule has 1 aliphatic heterocycles. The summed E-state index contributed by atoms with van der Waals surface area (Å²) in [6.07, 6.45) is 3.14. The summed E-state index contributed by atoms with van der Waals surface area (Å²) in [5.74, 6) is -0.717. The smallest absolute Gasteiger partial charge is 0.339 e. The van der Waals surface area contributed by atoms with Gasteiger partial charge in [0.1, 0.15) is 0 Å². The molecule has 0 atom stereocenters. The van der Waals surface area contributed by atoms with Crippen LogP contribution in [0, 0.1) is 0 Å². The Morgan fingerprint density at radius 3 is 2.84 bits per heavy atom. The summed E-state index contributed by atoms with van der Waals surface area (Å²) in [6.45, 7) is 2.01. The van der Waals surface area contributed by atoms with Crippen molar-refractivity contribution in [1.82, 2.24) is 4.98 Å². The standard InChI is InChI=1S/C17H16N4O4/c1-2-25-16(23)9-5-11(19-8-9)7-13-12-6-10(20-17(18)24)3-4-14(12)21-15(13)22/h3-8,19H,2H2,1H3,(H,21,22)(H3,18,20,24). The van der Waals surface area contributed by atoms with Crippen LogP contribution in [0.4, 0.5) is 16.2 Å². The Bertz CT molecular complexity index is 898. The topological polar surface area (TPSA) is 126 Å². The number of carbonyl (C=O) groups is 3. The number of primary amides is 1. The lowest BCUT2D eigenvalue weighted by Gasteiger charge is -2.04. The lowest BCUT2D eigenvalue weighted by atomic mass is 10.1. The van der Waals surface area contributed by atoms with Crippen molar-refractivity contribution >= 4 is 40.9 Å². The van der Waals surface area contributed by atoms with Crippen molar-refractivity contribution in [3.8, 4) is 0 Å². The van der Waals surface area contributed by atoms with E-state index in [0.29, 0.717) is 33.8 Å². The molecule has 0 spiro atoms. The van der Waals surface area contributed by atoms with Gasteiger partial charge in [-0.2, -0.15) is 0 Å². The van der Waals surface area contributed by atoms with Crippen molar-refractivity contribution in [1.29, 1.82) is 0 Å². The second-order valence-corrected chi connectivity index (χ2v) is 5.33. The number of fused-ring (bicyclic) bond motifs is 1. The molecule has 2 aromatic rings. The number of esters is 1. The summed E-state index contributed by atoms with van der Waals surface area (Å²) in [6, 6.07) is 5.88. The Morgan fingerprint density at radius 2 is 2.12 bits per heavy atom. The van der Waals surface area contributed by atoms with Crippen LogP contribution in [-0.2, 0) is 9.53 Å². The fraction of sp³-hybridized carbons (Fsp3) is 0.118. The summed E-state index contributed by atoms with van der Waals surface area (Å²) in [4.78, 5) is 37.8. The molecule has 5 N–H and O–H groups in total. The first-order chi connectivity index (χ1) is 12.0. The molecule has 3 amide bonds. The number of urea groups is 1. The highest BCUT2D eigenvalue weighted by molar-refractivity contribution is 6.35. The Labute approximate surface area is 143 Å². The zero-order valence-corrected chi connectivity index (χ0v) is 13.4. The van der Waals surface area contributed by atoms with Gasteiger partial charge in [0.15, 0.2) is 0 Å². The molecule has 3 rings (SSSR count). The van der Waals surface area contributed by atoms with Gasteiger partial charge >= 0.3 is 12.0 Å². The number of amides is 3. The Hall–Kier alpha value is -3.55. The van der Waals surface area contributed by atoms with Crippen molar-refractivity contribution in [2.45, 2.75) is 6.92 Å². The van der Waals surface area contributed by atoms with Crippen molar-refractivity contribution in [2.75, 3.05) is 17.2 Å². The molecule has 0 saturated carbocycles. The molecule has 0 saturated heterocycles. The predicted octanol–water partition coefficient (Wildman–Crippen LogP) is 2.17. The Kier molecular flexibility index (Phi) is 4.25. The van der Waals surface area contributed by atoms with Crippen molar-refractivity contribution < 1.29 is 19.1 Å². The van der Waals surface area contributed by atoms with Gasteiger partial charge in [-0.05, 0) is 37.3 Å². The molecule has 1 aromatic carbocycles. The molecular formula is C17H16N4O4. The number of aromatic nitrogens is 1. The predicted molar refractivity (Wildman–Crippen MR) is 92.9 cm³/mol. The third kappa shape index (κ3) is 3.37. The summed E-state index contributed by atoms with van der Waals surface area (Å²) in [7, 11) is 0. The van der Waals surface area contributed by atoms with E-state index < -0.39 is 12.0 Å². The van der Waals surface area contributed by atoms with Crippen LogP contribution in [0.15, 0.2) is 30.5 Å². The largest absolute Gasteiger partial charge is 0.462 e. The van der Waals surface area contributed by atoms with E-state index in [4.69, 9.17) is 10.5 Å². The first-order valence-electron chi connectivity index (χ1n) is 7.57. The van der Waals surface area contributed by atoms with E-state index in [1.807, 2.05) is 0 Å². The van der Waals surface area contributed by atoms with Gasteiger partial charge in [-0.25, -0.2) is 9.59 Å². The van der Waals surface area contributed by atoms with E-state index in [-0.39, 0.29) is 12.5 Å². The van der Waals surface area contributed by atoms with Gasteiger partial charge in [0, 0.05) is 28.8 Å². The van der Waals surface area contributed by atoms with Gasteiger partial charge in [-0.3, -0.25) is 4.79 Å².